The van der Waals surface area contributed by atoms with Crippen molar-refractivity contribution in [3.8, 4) is 0 Å². The molecule has 6 heteroatoms. The summed E-state index contributed by atoms with van der Waals surface area (Å²) in [5.41, 5.74) is 0. The molecule has 0 aliphatic rings. The molecule has 0 aromatic heterocycles. The Morgan fingerprint density at radius 1 is 1.45 bits per heavy atom. The van der Waals surface area contributed by atoms with Crippen molar-refractivity contribution in [3.63, 3.8) is 0 Å². The van der Waals surface area contributed by atoms with Crippen molar-refractivity contribution >= 4 is 43.8 Å². The Morgan fingerprint density at radius 3 is 2.18 bits per heavy atom. The van der Waals surface area contributed by atoms with Gasteiger partial charge in [0.15, 0.2) is 0 Å². The van der Waals surface area contributed by atoms with Crippen LogP contribution in [0.5, 0.6) is 0 Å². The molecule has 0 heterocycles. The third-order valence-corrected chi connectivity index (χ3v) is 1.52. The van der Waals surface area contributed by atoms with Crippen LogP contribution in [0.1, 0.15) is 13.8 Å². The molecule has 0 radical (unpaired) electrons. The van der Waals surface area contributed by atoms with E-state index < -0.39 is 14.2 Å². The third-order valence-electron chi connectivity index (χ3n) is 0.822. The van der Waals surface area contributed by atoms with Gasteiger partial charge in [-0.3, -0.25) is 4.79 Å². The van der Waals surface area contributed by atoms with Crippen LogP contribution in [0.25, 0.3) is 0 Å². The summed E-state index contributed by atoms with van der Waals surface area (Å²) in [5, 5.41) is 0. The molecule has 1 unspecified atom stereocenters. The van der Waals surface area contributed by atoms with Gasteiger partial charge in [-0.05, 0) is 0 Å². The molecule has 0 rings (SSSR count). The predicted octanol–water partition coefficient (Wildman–Crippen LogP) is 0.573. The number of rotatable bonds is 3. The number of hydrogen-bond donors (Lipinski definition) is 0. The zero-order chi connectivity index (χ0) is 8.15. The third kappa shape index (κ3) is 7.04. The SMILES string of the molecule is CO[PH](=O)OC(=O)C(C)C.[NaH]. The molecule has 4 nitrogen and oxygen atoms in total. The maximum absolute atomic E-state index is 10.6. The quantitative estimate of drug-likeness (QED) is 0.482. The summed E-state index contributed by atoms with van der Waals surface area (Å²) >= 11 is 0. The first-order valence-electron chi connectivity index (χ1n) is 2.87. The second-order valence-corrected chi connectivity index (χ2v) is 3.14. The van der Waals surface area contributed by atoms with Gasteiger partial charge >= 0.3 is 43.8 Å². The molecule has 11 heavy (non-hydrogen) atoms. The van der Waals surface area contributed by atoms with Gasteiger partial charge in [0.2, 0.25) is 0 Å². The molecular formula is C5H12NaO4P. The fraction of sp³-hybridized carbons (Fsp3) is 0.800. The summed E-state index contributed by atoms with van der Waals surface area (Å²) in [7, 11) is -1.34. The molecule has 0 aromatic carbocycles. The molecule has 0 aromatic rings. The Bertz CT molecular complexity index is 147. The average Bonchev–Trinajstić information content (AvgIpc) is 1.87. The first-order chi connectivity index (χ1) is 4.57. The van der Waals surface area contributed by atoms with Crippen LogP contribution in [0, 0.1) is 5.92 Å². The van der Waals surface area contributed by atoms with E-state index in [1.165, 1.54) is 7.11 Å². The maximum atomic E-state index is 10.6. The van der Waals surface area contributed by atoms with Crippen molar-refractivity contribution in [3.05, 3.63) is 0 Å². The zero-order valence-corrected chi connectivity index (χ0v) is 7.21. The average molecular weight is 190 g/mol. The van der Waals surface area contributed by atoms with E-state index in [2.05, 4.69) is 9.05 Å². The van der Waals surface area contributed by atoms with Crippen LogP contribution in [-0.4, -0.2) is 42.6 Å². The van der Waals surface area contributed by atoms with E-state index in [1.807, 2.05) is 0 Å². The topological polar surface area (TPSA) is 52.6 Å². The molecule has 0 saturated carbocycles. The van der Waals surface area contributed by atoms with E-state index in [-0.39, 0.29) is 35.5 Å². The Kier molecular flexibility index (Phi) is 9.44. The molecular weight excluding hydrogens is 178 g/mol. The minimum atomic E-state index is -2.57. The fourth-order valence-corrected chi connectivity index (χ4v) is 0.725. The Balaban J connectivity index is 0. The normalized spacial score (nSPS) is 12.0. The van der Waals surface area contributed by atoms with Gasteiger partial charge in [-0.15, -0.1) is 0 Å². The summed E-state index contributed by atoms with van der Waals surface area (Å²) in [6.07, 6.45) is 0. The molecule has 0 aliphatic heterocycles. The van der Waals surface area contributed by atoms with Crippen molar-refractivity contribution in [2.45, 2.75) is 13.8 Å². The summed E-state index contributed by atoms with van der Waals surface area (Å²) in [6, 6.07) is 0. The molecule has 0 fully saturated rings. The standard InChI is InChI=1S/C5H11O4P.Na.H/c1-4(2)5(6)9-10(7)8-3;;/h4,10H,1-3H3;;. The Hall–Kier alpha value is 0.660. The summed E-state index contributed by atoms with van der Waals surface area (Å²) in [4.78, 5) is 10.6. The Labute approximate surface area is 88.9 Å². The van der Waals surface area contributed by atoms with E-state index in [0.717, 1.165) is 0 Å². The second-order valence-electron chi connectivity index (χ2n) is 2.03. The van der Waals surface area contributed by atoms with Crippen LogP contribution in [0.15, 0.2) is 0 Å². The zero-order valence-electron chi connectivity index (χ0n) is 6.21. The van der Waals surface area contributed by atoms with Crippen molar-refractivity contribution < 1.29 is 18.4 Å². The molecule has 0 bridgehead atoms. The van der Waals surface area contributed by atoms with Crippen LogP contribution in [0.3, 0.4) is 0 Å². The minimum absolute atomic E-state index is 0. The molecule has 0 saturated heterocycles. The predicted molar refractivity (Wildman–Crippen MR) is 44.1 cm³/mol. The van der Waals surface area contributed by atoms with E-state index in [1.54, 1.807) is 13.8 Å². The summed E-state index contributed by atoms with van der Waals surface area (Å²) < 4.78 is 19.1. The van der Waals surface area contributed by atoms with E-state index in [4.69, 9.17) is 0 Å². The molecule has 0 aliphatic carbocycles. The van der Waals surface area contributed by atoms with Gasteiger partial charge in [0.25, 0.3) is 0 Å². The number of hydrogen-bond acceptors (Lipinski definition) is 4. The number of carbonyl (C=O) groups excluding carboxylic acids is 1. The monoisotopic (exact) mass is 190 g/mol. The summed E-state index contributed by atoms with van der Waals surface area (Å²) in [5.74, 6) is -0.755. The van der Waals surface area contributed by atoms with Gasteiger partial charge in [0.1, 0.15) is 0 Å². The van der Waals surface area contributed by atoms with Gasteiger partial charge in [-0.2, -0.15) is 0 Å². The molecule has 0 N–H and O–H groups in total. The Morgan fingerprint density at radius 2 is 1.91 bits per heavy atom. The van der Waals surface area contributed by atoms with Gasteiger partial charge in [0.05, 0.1) is 5.92 Å². The second kappa shape index (κ2) is 7.32. The van der Waals surface area contributed by atoms with Crippen LogP contribution >= 0.6 is 8.25 Å². The van der Waals surface area contributed by atoms with Crippen LogP contribution < -0.4 is 0 Å². The van der Waals surface area contributed by atoms with Crippen LogP contribution in [0.2, 0.25) is 0 Å². The first kappa shape index (κ1) is 14.2. The van der Waals surface area contributed by atoms with Gasteiger partial charge < -0.3 is 9.05 Å². The van der Waals surface area contributed by atoms with Crippen molar-refractivity contribution in [1.29, 1.82) is 0 Å². The number of carbonyl (C=O) groups is 1. The van der Waals surface area contributed by atoms with Gasteiger partial charge in [-0.25, -0.2) is 4.57 Å². The van der Waals surface area contributed by atoms with Crippen LogP contribution in [-0.2, 0) is 18.4 Å². The van der Waals surface area contributed by atoms with Gasteiger partial charge in [0, 0.05) is 7.11 Å². The molecule has 0 spiro atoms. The van der Waals surface area contributed by atoms with E-state index >= 15 is 0 Å². The van der Waals surface area contributed by atoms with Crippen molar-refractivity contribution in [1.82, 2.24) is 0 Å². The molecule has 0 amide bonds. The summed E-state index contributed by atoms with van der Waals surface area (Å²) in [6.45, 7) is 3.32. The molecule has 62 valence electrons. The van der Waals surface area contributed by atoms with Crippen molar-refractivity contribution in [2.24, 2.45) is 5.92 Å². The van der Waals surface area contributed by atoms with E-state index in [9.17, 15) is 9.36 Å². The van der Waals surface area contributed by atoms with E-state index in [0.29, 0.717) is 0 Å². The first-order valence-corrected chi connectivity index (χ1v) is 4.10. The van der Waals surface area contributed by atoms with Crippen LogP contribution in [0.4, 0.5) is 0 Å². The molecule has 1 atom stereocenters. The fourth-order valence-electron chi connectivity index (χ4n) is 0.242. The van der Waals surface area contributed by atoms with Gasteiger partial charge in [-0.1, -0.05) is 13.8 Å². The van der Waals surface area contributed by atoms with Crippen molar-refractivity contribution in [2.75, 3.05) is 7.11 Å².